The van der Waals surface area contributed by atoms with Crippen LogP contribution in [0.3, 0.4) is 0 Å². The van der Waals surface area contributed by atoms with Gasteiger partial charge >= 0.3 is 0 Å². The van der Waals surface area contributed by atoms with Crippen molar-refractivity contribution in [2.75, 3.05) is 0 Å². The fourth-order valence-electron chi connectivity index (χ4n) is 1.28. The lowest BCUT2D eigenvalue weighted by Crippen LogP contribution is -1.80. The molecule has 0 fully saturated rings. The molecule has 0 heterocycles. The minimum absolute atomic E-state index is 0.790. The second kappa shape index (κ2) is 5.94. The molecule has 0 saturated heterocycles. The summed E-state index contributed by atoms with van der Waals surface area (Å²) in [5.41, 5.74) is 1.35. The lowest BCUT2D eigenvalue weighted by molar-refractivity contribution is 1.37. The van der Waals surface area contributed by atoms with Crippen molar-refractivity contribution in [1.82, 2.24) is 0 Å². The van der Waals surface area contributed by atoms with Crippen LogP contribution in [0.5, 0.6) is 0 Å². The van der Waals surface area contributed by atoms with Crippen LogP contribution in [-0.4, -0.2) is 0 Å². The summed E-state index contributed by atoms with van der Waals surface area (Å²) >= 11 is 9.98. The molecule has 0 bridgehead atoms. The van der Waals surface area contributed by atoms with E-state index in [1.54, 1.807) is 0 Å². The van der Waals surface area contributed by atoms with Gasteiger partial charge in [0.15, 0.2) is 0 Å². The molecule has 0 spiro atoms. The van der Waals surface area contributed by atoms with E-state index in [-0.39, 0.29) is 0 Å². The molecule has 0 radical (unpaired) electrons. The highest BCUT2D eigenvalue weighted by molar-refractivity contribution is 14.1. The maximum Gasteiger partial charge on any atom is 0.0406 e. The molecular weight excluding hydrogens is 351 g/mol. The van der Waals surface area contributed by atoms with Crippen molar-refractivity contribution in [2.24, 2.45) is 0 Å². The van der Waals surface area contributed by atoms with Gasteiger partial charge in [-0.15, -0.1) is 11.8 Å². The first-order valence-corrected chi connectivity index (χ1v) is 7.31. The Bertz CT molecular complexity index is 405. The second-order valence-corrected chi connectivity index (χ2v) is 6.10. The van der Waals surface area contributed by atoms with Crippen LogP contribution < -0.4 is 0 Å². The van der Waals surface area contributed by atoms with Crippen molar-refractivity contribution in [2.45, 2.75) is 10.6 Å². The number of thioether (sulfide) groups is 1. The Hall–Kier alpha value is -0.190. The van der Waals surface area contributed by atoms with Gasteiger partial charge in [0.2, 0.25) is 0 Å². The lowest BCUT2D eigenvalue weighted by atomic mass is 10.2. The van der Waals surface area contributed by atoms with Crippen molar-refractivity contribution < 1.29 is 0 Å². The van der Waals surface area contributed by atoms with E-state index < -0.39 is 0 Å². The van der Waals surface area contributed by atoms with Gasteiger partial charge < -0.3 is 0 Å². The Morgan fingerprint density at radius 2 is 1.56 bits per heavy atom. The molecule has 82 valence electrons. The third-order valence-electron chi connectivity index (χ3n) is 2.13. The molecule has 0 saturated carbocycles. The summed E-state index contributed by atoms with van der Waals surface area (Å²) in [6.45, 7) is 0. The average molecular weight is 361 g/mol. The quantitative estimate of drug-likeness (QED) is 0.533. The fourth-order valence-corrected chi connectivity index (χ4v) is 2.62. The molecule has 2 aromatic rings. The zero-order chi connectivity index (χ0) is 11.4. The summed E-state index contributed by atoms with van der Waals surface area (Å²) in [6.07, 6.45) is 0. The van der Waals surface area contributed by atoms with Crippen LogP contribution in [0.15, 0.2) is 53.4 Å². The first-order valence-electron chi connectivity index (χ1n) is 4.87. The van der Waals surface area contributed by atoms with Crippen molar-refractivity contribution in [3.05, 3.63) is 62.7 Å². The Morgan fingerprint density at radius 1 is 0.938 bits per heavy atom. The van der Waals surface area contributed by atoms with Crippen LogP contribution in [0.25, 0.3) is 0 Å². The Labute approximate surface area is 119 Å². The van der Waals surface area contributed by atoms with Crippen molar-refractivity contribution in [1.29, 1.82) is 0 Å². The fraction of sp³-hybridized carbons (Fsp3) is 0.0769. The summed E-state index contributed by atoms with van der Waals surface area (Å²) in [5, 5.41) is 0.790. The third-order valence-corrected chi connectivity index (χ3v) is 4.19. The maximum atomic E-state index is 5.84. The standard InChI is InChI=1S/C13H10ClIS/c14-11-3-7-13(8-4-11)16-9-10-1-5-12(15)6-2-10/h1-8H,9H2. The van der Waals surface area contributed by atoms with Gasteiger partial charge in [-0.3, -0.25) is 0 Å². The van der Waals surface area contributed by atoms with Crippen LogP contribution in [0, 0.1) is 3.57 Å². The van der Waals surface area contributed by atoms with Gasteiger partial charge in [-0.05, 0) is 64.6 Å². The SMILES string of the molecule is Clc1ccc(SCc2ccc(I)cc2)cc1. The van der Waals surface area contributed by atoms with Gasteiger partial charge in [-0.2, -0.15) is 0 Å². The van der Waals surface area contributed by atoms with Crippen LogP contribution in [-0.2, 0) is 5.75 Å². The number of halogens is 2. The monoisotopic (exact) mass is 360 g/mol. The molecule has 0 N–H and O–H groups in total. The summed E-state index contributed by atoms with van der Waals surface area (Å²) in [7, 11) is 0. The minimum Gasteiger partial charge on any atom is -0.121 e. The van der Waals surface area contributed by atoms with E-state index in [1.165, 1.54) is 14.0 Å². The van der Waals surface area contributed by atoms with Gasteiger partial charge in [0.25, 0.3) is 0 Å². The summed E-state index contributed by atoms with van der Waals surface area (Å²) in [5.74, 6) is 0.999. The van der Waals surface area contributed by atoms with Crippen LogP contribution in [0.1, 0.15) is 5.56 Å². The molecule has 3 heteroatoms. The molecule has 0 atom stereocenters. The summed E-state index contributed by atoms with van der Waals surface area (Å²) in [6, 6.07) is 16.6. The smallest absolute Gasteiger partial charge is 0.0406 e. The second-order valence-electron chi connectivity index (χ2n) is 3.37. The largest absolute Gasteiger partial charge is 0.121 e. The molecule has 0 aromatic heterocycles. The van der Waals surface area contributed by atoms with E-state index in [1.807, 2.05) is 23.9 Å². The topological polar surface area (TPSA) is 0 Å². The van der Waals surface area contributed by atoms with E-state index in [2.05, 4.69) is 59.0 Å². The highest BCUT2D eigenvalue weighted by Crippen LogP contribution is 2.24. The van der Waals surface area contributed by atoms with E-state index >= 15 is 0 Å². The molecule has 2 rings (SSSR count). The lowest BCUT2D eigenvalue weighted by Gasteiger charge is -2.02. The van der Waals surface area contributed by atoms with E-state index in [0.717, 1.165) is 10.8 Å². The molecule has 16 heavy (non-hydrogen) atoms. The zero-order valence-corrected chi connectivity index (χ0v) is 12.2. The Morgan fingerprint density at radius 3 is 2.19 bits per heavy atom. The normalized spacial score (nSPS) is 10.4. The first-order chi connectivity index (χ1) is 7.74. The van der Waals surface area contributed by atoms with E-state index in [4.69, 9.17) is 11.6 Å². The summed E-state index contributed by atoms with van der Waals surface area (Å²) < 4.78 is 1.28. The van der Waals surface area contributed by atoms with Crippen LogP contribution >= 0.6 is 46.0 Å². The molecule has 0 aliphatic carbocycles. The number of rotatable bonds is 3. The molecule has 0 nitrogen and oxygen atoms in total. The van der Waals surface area contributed by atoms with E-state index in [0.29, 0.717) is 0 Å². The Balaban J connectivity index is 1.97. The number of hydrogen-bond acceptors (Lipinski definition) is 1. The highest BCUT2D eigenvalue weighted by Gasteiger charge is 1.96. The molecule has 2 aromatic carbocycles. The van der Waals surface area contributed by atoms with Crippen molar-refractivity contribution in [3.8, 4) is 0 Å². The van der Waals surface area contributed by atoms with Gasteiger partial charge in [0.05, 0.1) is 0 Å². The predicted molar refractivity (Wildman–Crippen MR) is 80.2 cm³/mol. The third kappa shape index (κ3) is 3.68. The zero-order valence-electron chi connectivity index (χ0n) is 8.49. The molecule has 0 aliphatic rings. The first kappa shape index (κ1) is 12.3. The van der Waals surface area contributed by atoms with Crippen LogP contribution in [0.4, 0.5) is 0 Å². The molecular formula is C13H10ClIS. The van der Waals surface area contributed by atoms with Crippen molar-refractivity contribution >= 4 is 46.0 Å². The number of hydrogen-bond donors (Lipinski definition) is 0. The van der Waals surface area contributed by atoms with Crippen molar-refractivity contribution in [3.63, 3.8) is 0 Å². The average Bonchev–Trinajstić information content (AvgIpc) is 2.30. The maximum absolute atomic E-state index is 5.84. The molecule has 0 aliphatic heterocycles. The number of benzene rings is 2. The molecule has 0 amide bonds. The van der Waals surface area contributed by atoms with Gasteiger partial charge in [-0.1, -0.05) is 23.7 Å². The molecule has 0 unspecified atom stereocenters. The minimum atomic E-state index is 0.790. The predicted octanol–water partition coefficient (Wildman–Crippen LogP) is 5.24. The van der Waals surface area contributed by atoms with E-state index in [9.17, 15) is 0 Å². The van der Waals surface area contributed by atoms with Gasteiger partial charge in [0, 0.05) is 19.2 Å². The van der Waals surface area contributed by atoms with Crippen LogP contribution in [0.2, 0.25) is 5.02 Å². The summed E-state index contributed by atoms with van der Waals surface area (Å²) in [4.78, 5) is 1.25. The Kier molecular flexibility index (Phi) is 4.55. The highest BCUT2D eigenvalue weighted by atomic mass is 127. The van der Waals surface area contributed by atoms with Gasteiger partial charge in [-0.25, -0.2) is 0 Å². The van der Waals surface area contributed by atoms with Gasteiger partial charge in [0.1, 0.15) is 0 Å².